The summed E-state index contributed by atoms with van der Waals surface area (Å²) in [4.78, 5) is 8.83. The Morgan fingerprint density at radius 2 is 2.17 bits per heavy atom. The van der Waals surface area contributed by atoms with Gasteiger partial charge in [0.1, 0.15) is 23.9 Å². The molecule has 0 bridgehead atoms. The highest BCUT2D eigenvalue weighted by Gasteiger charge is 2.42. The third-order valence-corrected chi connectivity index (χ3v) is 5.47. The minimum Gasteiger partial charge on any atom is -0.390 e. The quantitative estimate of drug-likeness (QED) is 0.645. The Hall–Kier alpha value is -1.70. The Morgan fingerprint density at radius 3 is 2.91 bits per heavy atom. The van der Waals surface area contributed by atoms with Crippen LogP contribution >= 0.6 is 0 Å². The summed E-state index contributed by atoms with van der Waals surface area (Å²) in [5.74, 6) is 1.17. The maximum Gasteiger partial charge on any atom is 0.146 e. The number of anilines is 1. The number of rotatable bonds is 2. The highest BCUT2D eigenvalue weighted by Crippen LogP contribution is 2.41. The smallest absolute Gasteiger partial charge is 0.146 e. The Balaban J connectivity index is 1.86. The van der Waals surface area contributed by atoms with Crippen molar-refractivity contribution in [2.24, 2.45) is 11.7 Å². The Kier molecular flexibility index (Phi) is 3.51. The molecule has 2 aromatic rings. The Bertz CT molecular complexity index is 731. The number of hydrogen-bond donors (Lipinski definition) is 4. The first-order valence-electron chi connectivity index (χ1n) is 8.27. The van der Waals surface area contributed by atoms with Crippen LogP contribution in [0.1, 0.15) is 37.3 Å². The van der Waals surface area contributed by atoms with E-state index in [0.717, 1.165) is 29.8 Å². The van der Waals surface area contributed by atoms with E-state index in [2.05, 4.69) is 28.4 Å². The summed E-state index contributed by atoms with van der Waals surface area (Å²) in [5.41, 5.74) is 7.76. The minimum absolute atomic E-state index is 0.0827. The first kappa shape index (κ1) is 14.9. The third kappa shape index (κ3) is 2.14. The minimum atomic E-state index is -0.823. The lowest BCUT2D eigenvalue weighted by Gasteiger charge is -2.19. The van der Waals surface area contributed by atoms with E-state index in [-0.39, 0.29) is 12.0 Å². The summed E-state index contributed by atoms with van der Waals surface area (Å²) in [6.07, 6.45) is 3.71. The second-order valence-electron chi connectivity index (χ2n) is 6.81. The molecule has 3 heterocycles. The van der Waals surface area contributed by atoms with Gasteiger partial charge in [0.2, 0.25) is 0 Å². The highest BCUT2D eigenvalue weighted by molar-refractivity contribution is 5.92. The molecule has 0 radical (unpaired) electrons. The lowest BCUT2D eigenvalue weighted by molar-refractivity contribution is 0.00820. The predicted octanol–water partition coefficient (Wildman–Crippen LogP) is 0.592. The topological polar surface area (TPSA) is 109 Å². The zero-order valence-electron chi connectivity index (χ0n) is 13.2. The van der Waals surface area contributed by atoms with Crippen LogP contribution in [0.15, 0.2) is 12.5 Å². The predicted molar refractivity (Wildman–Crippen MR) is 87.3 cm³/mol. The van der Waals surface area contributed by atoms with Crippen LogP contribution < -0.4 is 11.1 Å². The average molecular weight is 317 g/mol. The molecule has 1 fully saturated rings. The van der Waals surface area contributed by atoms with E-state index < -0.39 is 12.2 Å². The van der Waals surface area contributed by atoms with Gasteiger partial charge in [-0.1, -0.05) is 6.92 Å². The fourth-order valence-electron chi connectivity index (χ4n) is 4.05. The van der Waals surface area contributed by atoms with Gasteiger partial charge in [-0.3, -0.25) is 0 Å². The van der Waals surface area contributed by atoms with Crippen molar-refractivity contribution in [3.8, 4) is 0 Å². The van der Waals surface area contributed by atoms with Gasteiger partial charge in [-0.15, -0.1) is 0 Å². The SMILES string of the molecule is CC1CCNc2ncnc3c2c1cn3[C@@H]1C[C@H](CN)[C@@H](O)[C@H]1O. The standard InChI is InChI=1S/C16H23N5O2/c1-8-2-3-18-15-12-10(8)6-21(16(12)20-7-19-15)11-4-9(5-17)13(22)14(11)23/h6-9,11,13-14,22-23H,2-5,17H2,1H3,(H,18,19,20)/t8?,9-,11-,13-,14+/m1/s1. The van der Waals surface area contributed by atoms with Gasteiger partial charge in [0, 0.05) is 18.7 Å². The molecule has 2 aromatic heterocycles. The Labute approximate surface area is 134 Å². The molecule has 7 heteroatoms. The lowest BCUT2D eigenvalue weighted by Crippen LogP contribution is -2.31. The van der Waals surface area contributed by atoms with Crippen molar-refractivity contribution in [1.82, 2.24) is 14.5 Å². The van der Waals surface area contributed by atoms with Gasteiger partial charge < -0.3 is 25.8 Å². The maximum absolute atomic E-state index is 10.5. The molecular weight excluding hydrogens is 294 g/mol. The van der Waals surface area contributed by atoms with Crippen LogP contribution in [-0.4, -0.2) is 50.0 Å². The second-order valence-corrected chi connectivity index (χ2v) is 6.81. The largest absolute Gasteiger partial charge is 0.390 e. The summed E-state index contributed by atoms with van der Waals surface area (Å²) in [6, 6.07) is -0.204. The number of aromatic nitrogens is 3. The molecule has 124 valence electrons. The number of aliphatic hydroxyl groups excluding tert-OH is 2. The lowest BCUT2D eigenvalue weighted by atomic mass is 10.00. The molecule has 5 N–H and O–H groups in total. The van der Waals surface area contributed by atoms with Crippen LogP contribution in [0.4, 0.5) is 5.82 Å². The summed E-state index contributed by atoms with van der Waals surface area (Å²) < 4.78 is 2.02. The number of nitrogens with two attached hydrogens (primary N) is 1. The number of hydrogen-bond acceptors (Lipinski definition) is 6. The van der Waals surface area contributed by atoms with Crippen molar-refractivity contribution in [2.45, 2.75) is 43.9 Å². The molecule has 1 aliphatic heterocycles. The van der Waals surface area contributed by atoms with Crippen molar-refractivity contribution < 1.29 is 10.2 Å². The van der Waals surface area contributed by atoms with Crippen LogP contribution in [0.25, 0.3) is 11.0 Å². The molecule has 0 saturated heterocycles. The molecule has 2 aliphatic rings. The number of nitrogens with one attached hydrogen (secondary N) is 1. The summed E-state index contributed by atoms with van der Waals surface area (Å²) >= 11 is 0. The van der Waals surface area contributed by atoms with Crippen molar-refractivity contribution in [1.29, 1.82) is 0 Å². The van der Waals surface area contributed by atoms with Crippen LogP contribution in [0.5, 0.6) is 0 Å². The fraction of sp³-hybridized carbons (Fsp3) is 0.625. The van der Waals surface area contributed by atoms with Crippen molar-refractivity contribution >= 4 is 16.9 Å². The average Bonchev–Trinajstić information content (AvgIpc) is 3.01. The first-order chi connectivity index (χ1) is 11.1. The summed E-state index contributed by atoms with van der Waals surface area (Å²) in [5, 5.41) is 25.1. The molecule has 4 rings (SSSR count). The molecule has 1 saturated carbocycles. The van der Waals surface area contributed by atoms with E-state index in [1.54, 1.807) is 6.33 Å². The second kappa shape index (κ2) is 5.43. The molecule has 0 spiro atoms. The molecule has 1 unspecified atom stereocenters. The van der Waals surface area contributed by atoms with E-state index in [1.165, 1.54) is 5.56 Å². The van der Waals surface area contributed by atoms with Gasteiger partial charge >= 0.3 is 0 Å². The van der Waals surface area contributed by atoms with Crippen molar-refractivity contribution in [3.63, 3.8) is 0 Å². The maximum atomic E-state index is 10.5. The molecular formula is C16H23N5O2. The van der Waals surface area contributed by atoms with E-state index in [0.29, 0.717) is 18.9 Å². The van der Waals surface area contributed by atoms with Gasteiger partial charge in [-0.05, 0) is 30.9 Å². The van der Waals surface area contributed by atoms with Crippen molar-refractivity contribution in [2.75, 3.05) is 18.4 Å². The fourth-order valence-corrected chi connectivity index (χ4v) is 4.05. The molecule has 5 atom stereocenters. The number of nitrogens with zero attached hydrogens (tertiary/aromatic N) is 3. The third-order valence-electron chi connectivity index (χ3n) is 5.47. The van der Waals surface area contributed by atoms with Gasteiger partial charge in [0.05, 0.1) is 17.5 Å². The molecule has 0 aromatic carbocycles. The first-order valence-corrected chi connectivity index (χ1v) is 8.27. The number of aliphatic hydroxyl groups is 2. The van der Waals surface area contributed by atoms with Gasteiger partial charge in [-0.2, -0.15) is 0 Å². The van der Waals surface area contributed by atoms with Crippen LogP contribution in [-0.2, 0) is 0 Å². The molecule has 0 amide bonds. The molecule has 23 heavy (non-hydrogen) atoms. The molecule has 7 nitrogen and oxygen atoms in total. The summed E-state index contributed by atoms with van der Waals surface area (Å²) in [7, 11) is 0. The van der Waals surface area contributed by atoms with E-state index in [1.807, 2.05) is 4.57 Å². The van der Waals surface area contributed by atoms with Crippen molar-refractivity contribution in [3.05, 3.63) is 18.1 Å². The summed E-state index contributed by atoms with van der Waals surface area (Å²) in [6.45, 7) is 3.46. The van der Waals surface area contributed by atoms with E-state index in [9.17, 15) is 10.2 Å². The molecule has 1 aliphatic carbocycles. The van der Waals surface area contributed by atoms with Gasteiger partial charge in [-0.25, -0.2) is 9.97 Å². The normalized spacial score (nSPS) is 33.7. The van der Waals surface area contributed by atoms with Gasteiger partial charge in [0.25, 0.3) is 0 Å². The van der Waals surface area contributed by atoms with Crippen LogP contribution in [0.2, 0.25) is 0 Å². The Morgan fingerprint density at radius 1 is 1.35 bits per heavy atom. The van der Waals surface area contributed by atoms with E-state index in [4.69, 9.17) is 5.73 Å². The van der Waals surface area contributed by atoms with E-state index >= 15 is 0 Å². The monoisotopic (exact) mass is 317 g/mol. The van der Waals surface area contributed by atoms with Crippen LogP contribution in [0.3, 0.4) is 0 Å². The zero-order chi connectivity index (χ0) is 16.1. The highest BCUT2D eigenvalue weighted by atomic mass is 16.3. The van der Waals surface area contributed by atoms with Crippen LogP contribution in [0, 0.1) is 5.92 Å². The van der Waals surface area contributed by atoms with Gasteiger partial charge in [0.15, 0.2) is 0 Å². The zero-order valence-corrected chi connectivity index (χ0v) is 13.2.